The quantitative estimate of drug-likeness (QED) is 0.710. The largest absolute Gasteiger partial charge is 0.379 e. The summed E-state index contributed by atoms with van der Waals surface area (Å²) in [5, 5.41) is 4.25. The zero-order valence-corrected chi connectivity index (χ0v) is 15.9. The van der Waals surface area contributed by atoms with Crippen molar-refractivity contribution in [1.29, 1.82) is 0 Å². The van der Waals surface area contributed by atoms with Crippen LogP contribution in [0, 0.1) is 6.92 Å². The molecular weight excluding hydrogens is 356 g/mol. The first-order valence-electron chi connectivity index (χ1n) is 9.46. The SMILES string of the molecule is Cc1c(C(N)=O)cc(-c2cc(-c3ccccc3)on2)n1CCN1CCOCC1. The van der Waals surface area contributed by atoms with Crippen LogP contribution in [0.2, 0.25) is 0 Å². The highest BCUT2D eigenvalue weighted by Gasteiger charge is 2.20. The van der Waals surface area contributed by atoms with Gasteiger partial charge >= 0.3 is 0 Å². The van der Waals surface area contributed by atoms with Crippen molar-refractivity contribution >= 4 is 5.91 Å². The van der Waals surface area contributed by atoms with Crippen LogP contribution < -0.4 is 5.73 Å². The van der Waals surface area contributed by atoms with E-state index in [9.17, 15) is 4.79 Å². The van der Waals surface area contributed by atoms with Gasteiger partial charge in [-0.25, -0.2) is 0 Å². The van der Waals surface area contributed by atoms with Gasteiger partial charge in [0.05, 0.1) is 24.5 Å². The van der Waals surface area contributed by atoms with Crippen LogP contribution in [0.15, 0.2) is 47.0 Å². The first kappa shape index (κ1) is 18.5. The lowest BCUT2D eigenvalue weighted by molar-refractivity contribution is 0.0364. The number of morpholine rings is 1. The number of hydrogen-bond donors (Lipinski definition) is 1. The molecule has 0 saturated carbocycles. The second-order valence-corrected chi connectivity index (χ2v) is 6.94. The Balaban J connectivity index is 1.65. The van der Waals surface area contributed by atoms with Gasteiger partial charge in [-0.05, 0) is 13.0 Å². The molecule has 3 heterocycles. The van der Waals surface area contributed by atoms with Gasteiger partial charge in [-0.3, -0.25) is 9.69 Å². The summed E-state index contributed by atoms with van der Waals surface area (Å²) in [7, 11) is 0. The molecule has 7 heteroatoms. The van der Waals surface area contributed by atoms with Crippen LogP contribution in [0.3, 0.4) is 0 Å². The van der Waals surface area contributed by atoms with E-state index >= 15 is 0 Å². The third-order valence-electron chi connectivity index (χ3n) is 5.21. The smallest absolute Gasteiger partial charge is 0.250 e. The third-order valence-corrected chi connectivity index (χ3v) is 5.21. The van der Waals surface area contributed by atoms with E-state index in [-0.39, 0.29) is 0 Å². The molecule has 2 N–H and O–H groups in total. The number of aromatic nitrogens is 2. The molecule has 1 aliphatic rings. The van der Waals surface area contributed by atoms with Gasteiger partial charge in [-0.2, -0.15) is 0 Å². The molecule has 3 aromatic rings. The summed E-state index contributed by atoms with van der Waals surface area (Å²) in [5.41, 5.74) is 9.44. The highest BCUT2D eigenvalue weighted by atomic mass is 16.5. The molecule has 1 fully saturated rings. The van der Waals surface area contributed by atoms with Crippen molar-refractivity contribution in [2.24, 2.45) is 5.73 Å². The zero-order chi connectivity index (χ0) is 19.5. The van der Waals surface area contributed by atoms with Gasteiger partial charge in [-0.15, -0.1) is 0 Å². The molecule has 1 amide bonds. The molecule has 1 aliphatic heterocycles. The Morgan fingerprint density at radius 2 is 1.89 bits per heavy atom. The number of nitrogens with zero attached hydrogens (tertiary/aromatic N) is 3. The number of carbonyl (C=O) groups is 1. The second kappa shape index (κ2) is 8.00. The van der Waals surface area contributed by atoms with Crippen LogP contribution in [-0.2, 0) is 11.3 Å². The Labute approximate surface area is 163 Å². The fourth-order valence-corrected chi connectivity index (χ4v) is 3.60. The van der Waals surface area contributed by atoms with Crippen molar-refractivity contribution in [3.05, 3.63) is 53.7 Å². The fraction of sp³-hybridized carbons (Fsp3) is 0.333. The average Bonchev–Trinajstić information content (AvgIpc) is 3.33. The summed E-state index contributed by atoms with van der Waals surface area (Å²) >= 11 is 0. The van der Waals surface area contributed by atoms with E-state index < -0.39 is 5.91 Å². The molecule has 0 bridgehead atoms. The van der Waals surface area contributed by atoms with Crippen LogP contribution in [0.25, 0.3) is 22.7 Å². The predicted octanol–water partition coefficient (Wildman–Crippen LogP) is 2.55. The van der Waals surface area contributed by atoms with E-state index in [0.29, 0.717) is 17.0 Å². The van der Waals surface area contributed by atoms with Gasteiger partial charge in [0, 0.05) is 43.5 Å². The van der Waals surface area contributed by atoms with E-state index in [1.165, 1.54) is 0 Å². The maximum absolute atomic E-state index is 11.9. The van der Waals surface area contributed by atoms with Crippen LogP contribution in [0.1, 0.15) is 16.1 Å². The molecule has 0 radical (unpaired) electrons. The van der Waals surface area contributed by atoms with Crippen LogP contribution in [-0.4, -0.2) is 53.4 Å². The van der Waals surface area contributed by atoms with E-state index in [4.69, 9.17) is 15.0 Å². The van der Waals surface area contributed by atoms with E-state index in [2.05, 4.69) is 14.6 Å². The number of rotatable bonds is 6. The molecule has 0 unspecified atom stereocenters. The highest BCUT2D eigenvalue weighted by Crippen LogP contribution is 2.29. The fourth-order valence-electron chi connectivity index (χ4n) is 3.60. The van der Waals surface area contributed by atoms with Crippen molar-refractivity contribution in [3.63, 3.8) is 0 Å². The van der Waals surface area contributed by atoms with Gasteiger partial charge in [-0.1, -0.05) is 35.5 Å². The molecule has 0 aliphatic carbocycles. The summed E-state index contributed by atoms with van der Waals surface area (Å²) in [4.78, 5) is 14.2. The normalized spacial score (nSPS) is 15.0. The van der Waals surface area contributed by atoms with Crippen molar-refractivity contribution in [2.75, 3.05) is 32.8 Å². The van der Waals surface area contributed by atoms with Crippen molar-refractivity contribution in [3.8, 4) is 22.7 Å². The topological polar surface area (TPSA) is 86.5 Å². The number of amides is 1. The molecular formula is C21H24N4O3. The highest BCUT2D eigenvalue weighted by molar-refractivity contribution is 5.95. The molecule has 28 heavy (non-hydrogen) atoms. The van der Waals surface area contributed by atoms with Crippen LogP contribution >= 0.6 is 0 Å². The minimum atomic E-state index is -0.435. The Kier molecular flexibility index (Phi) is 5.27. The van der Waals surface area contributed by atoms with Gasteiger partial charge in [0.15, 0.2) is 5.76 Å². The minimum absolute atomic E-state index is 0.435. The minimum Gasteiger partial charge on any atom is -0.379 e. The van der Waals surface area contributed by atoms with Gasteiger partial charge in [0.25, 0.3) is 5.91 Å². The molecule has 146 valence electrons. The van der Waals surface area contributed by atoms with Crippen molar-refractivity contribution < 1.29 is 14.1 Å². The number of primary amides is 1. The van der Waals surface area contributed by atoms with Crippen molar-refractivity contribution in [2.45, 2.75) is 13.5 Å². The van der Waals surface area contributed by atoms with Crippen LogP contribution in [0.5, 0.6) is 0 Å². The summed E-state index contributed by atoms with van der Waals surface area (Å²) in [6.07, 6.45) is 0. The molecule has 2 aromatic heterocycles. The summed E-state index contributed by atoms with van der Waals surface area (Å²) in [6, 6.07) is 13.5. The average molecular weight is 380 g/mol. The monoisotopic (exact) mass is 380 g/mol. The maximum atomic E-state index is 11.9. The van der Waals surface area contributed by atoms with Crippen molar-refractivity contribution in [1.82, 2.24) is 14.6 Å². The molecule has 7 nitrogen and oxygen atoms in total. The molecule has 1 saturated heterocycles. The Morgan fingerprint density at radius 3 is 2.61 bits per heavy atom. The summed E-state index contributed by atoms with van der Waals surface area (Å²) in [5.74, 6) is 0.255. The molecule has 1 aromatic carbocycles. The number of ether oxygens (including phenoxy) is 1. The molecule has 4 rings (SSSR count). The lowest BCUT2D eigenvalue weighted by Crippen LogP contribution is -2.38. The van der Waals surface area contributed by atoms with Gasteiger partial charge < -0.3 is 19.6 Å². The lowest BCUT2D eigenvalue weighted by atomic mass is 10.1. The lowest BCUT2D eigenvalue weighted by Gasteiger charge is -2.27. The number of hydrogen-bond acceptors (Lipinski definition) is 5. The third kappa shape index (κ3) is 3.72. The number of carbonyl (C=O) groups excluding carboxylic acids is 1. The van der Waals surface area contributed by atoms with E-state index in [0.717, 1.165) is 56.3 Å². The summed E-state index contributed by atoms with van der Waals surface area (Å²) < 4.78 is 13.1. The molecule has 0 spiro atoms. The number of nitrogens with two attached hydrogens (primary N) is 1. The zero-order valence-electron chi connectivity index (χ0n) is 15.9. The van der Waals surface area contributed by atoms with Gasteiger partial charge in [0.2, 0.25) is 0 Å². The van der Waals surface area contributed by atoms with Crippen LogP contribution in [0.4, 0.5) is 0 Å². The Bertz CT molecular complexity index is 955. The predicted molar refractivity (Wildman–Crippen MR) is 106 cm³/mol. The Hall–Kier alpha value is -2.90. The van der Waals surface area contributed by atoms with E-state index in [1.54, 1.807) is 0 Å². The molecule has 0 atom stereocenters. The van der Waals surface area contributed by atoms with E-state index in [1.807, 2.05) is 49.4 Å². The second-order valence-electron chi connectivity index (χ2n) is 6.94. The first-order chi connectivity index (χ1) is 13.6. The maximum Gasteiger partial charge on any atom is 0.250 e. The first-order valence-corrected chi connectivity index (χ1v) is 9.46. The standard InChI is InChI=1S/C21H24N4O3/c1-15-17(21(22)26)13-19(25(15)8-7-24-9-11-27-12-10-24)18-14-20(28-23-18)16-5-3-2-4-6-16/h2-6,13-14H,7-12H2,1H3,(H2,22,26). The summed E-state index contributed by atoms with van der Waals surface area (Å²) in [6.45, 7) is 6.87. The van der Waals surface area contributed by atoms with Gasteiger partial charge in [0.1, 0.15) is 5.69 Å². The number of benzene rings is 1. The Morgan fingerprint density at radius 1 is 1.14 bits per heavy atom.